The van der Waals surface area contributed by atoms with Crippen molar-refractivity contribution in [1.29, 1.82) is 0 Å². The molecule has 0 saturated heterocycles. The van der Waals surface area contributed by atoms with Gasteiger partial charge in [-0.3, -0.25) is 4.79 Å². The van der Waals surface area contributed by atoms with Gasteiger partial charge >= 0.3 is 0 Å². The Bertz CT molecular complexity index is 414. The van der Waals surface area contributed by atoms with Crippen LogP contribution >= 0.6 is 0 Å². The van der Waals surface area contributed by atoms with Gasteiger partial charge in [0, 0.05) is 12.3 Å². The lowest BCUT2D eigenvalue weighted by atomic mass is 9.66. The van der Waals surface area contributed by atoms with Gasteiger partial charge in [0.1, 0.15) is 5.78 Å². The van der Waals surface area contributed by atoms with Crippen LogP contribution in [0.2, 0.25) is 0 Å². The van der Waals surface area contributed by atoms with Gasteiger partial charge in [0.15, 0.2) is 0 Å². The molecule has 0 radical (unpaired) electrons. The molecular formula is C17H24O. The van der Waals surface area contributed by atoms with Gasteiger partial charge in [0.2, 0.25) is 0 Å². The molecule has 0 amide bonds. The van der Waals surface area contributed by atoms with Crippen LogP contribution < -0.4 is 0 Å². The molecule has 0 heterocycles. The summed E-state index contributed by atoms with van der Waals surface area (Å²) in [5.41, 5.74) is 2.61. The Hall–Kier alpha value is -1.11. The molecule has 0 bridgehead atoms. The van der Waals surface area contributed by atoms with E-state index in [0.717, 1.165) is 12.0 Å². The highest BCUT2D eigenvalue weighted by atomic mass is 16.1. The highest BCUT2D eigenvalue weighted by Crippen LogP contribution is 2.41. The molecule has 1 unspecified atom stereocenters. The summed E-state index contributed by atoms with van der Waals surface area (Å²) in [5.74, 6) is 0.691. The summed E-state index contributed by atoms with van der Waals surface area (Å²) in [6, 6.07) is 8.36. The largest absolute Gasteiger partial charge is 0.299 e. The van der Waals surface area contributed by atoms with Gasteiger partial charge < -0.3 is 0 Å². The smallest absolute Gasteiger partial charge is 0.140 e. The molecule has 1 aromatic carbocycles. The number of aryl methyl sites for hydroxylation is 1. The van der Waals surface area contributed by atoms with Gasteiger partial charge in [-0.2, -0.15) is 0 Å². The standard InChI is InChI=1S/C17H24O/c1-13-7-9-14(10-8-13)12-16(18)15-6-4-5-11-17(15,2)3/h7-10,15H,4-6,11-12H2,1-3H3. The van der Waals surface area contributed by atoms with E-state index in [2.05, 4.69) is 45.0 Å². The topological polar surface area (TPSA) is 17.1 Å². The van der Waals surface area contributed by atoms with Gasteiger partial charge in [-0.1, -0.05) is 56.5 Å². The van der Waals surface area contributed by atoms with Crippen LogP contribution in [0.15, 0.2) is 24.3 Å². The van der Waals surface area contributed by atoms with E-state index in [-0.39, 0.29) is 11.3 Å². The zero-order chi connectivity index (χ0) is 13.2. The van der Waals surface area contributed by atoms with E-state index in [4.69, 9.17) is 0 Å². The first-order valence-electron chi connectivity index (χ1n) is 7.07. The van der Waals surface area contributed by atoms with Crippen LogP contribution in [0.25, 0.3) is 0 Å². The fraction of sp³-hybridized carbons (Fsp3) is 0.588. The Morgan fingerprint density at radius 3 is 2.50 bits per heavy atom. The van der Waals surface area contributed by atoms with Crippen LogP contribution in [-0.4, -0.2) is 5.78 Å². The minimum Gasteiger partial charge on any atom is -0.299 e. The number of hydrogen-bond acceptors (Lipinski definition) is 1. The van der Waals surface area contributed by atoms with Crippen LogP contribution in [0.4, 0.5) is 0 Å². The van der Waals surface area contributed by atoms with E-state index < -0.39 is 0 Å². The van der Waals surface area contributed by atoms with Gasteiger partial charge in [-0.15, -0.1) is 0 Å². The van der Waals surface area contributed by atoms with E-state index in [9.17, 15) is 4.79 Å². The molecule has 0 aromatic heterocycles. The number of ketones is 1. The second-order valence-electron chi connectivity index (χ2n) is 6.42. The molecule has 0 aliphatic heterocycles. The summed E-state index contributed by atoms with van der Waals surface area (Å²) in [4.78, 5) is 12.5. The van der Waals surface area contributed by atoms with E-state index in [1.807, 2.05) is 0 Å². The molecule has 1 heteroatoms. The first-order valence-corrected chi connectivity index (χ1v) is 7.07. The van der Waals surface area contributed by atoms with Gasteiger partial charge in [-0.05, 0) is 30.7 Å². The minimum atomic E-state index is 0.194. The Balaban J connectivity index is 2.05. The quantitative estimate of drug-likeness (QED) is 0.773. The van der Waals surface area contributed by atoms with Crippen molar-refractivity contribution >= 4 is 5.78 Å². The zero-order valence-electron chi connectivity index (χ0n) is 11.8. The molecule has 1 aliphatic carbocycles. The third kappa shape index (κ3) is 3.01. The second kappa shape index (κ2) is 5.26. The summed E-state index contributed by atoms with van der Waals surface area (Å²) in [5, 5.41) is 0. The summed E-state index contributed by atoms with van der Waals surface area (Å²) in [6.45, 7) is 6.59. The number of hydrogen-bond donors (Lipinski definition) is 0. The molecule has 98 valence electrons. The van der Waals surface area contributed by atoms with Crippen molar-refractivity contribution in [2.24, 2.45) is 11.3 Å². The SMILES string of the molecule is Cc1ccc(CC(=O)C2CCCCC2(C)C)cc1. The maximum atomic E-state index is 12.5. The third-order valence-electron chi connectivity index (χ3n) is 4.39. The van der Waals surface area contributed by atoms with Crippen molar-refractivity contribution < 1.29 is 4.79 Å². The van der Waals surface area contributed by atoms with Crippen molar-refractivity contribution in [2.45, 2.75) is 52.9 Å². The lowest BCUT2D eigenvalue weighted by Crippen LogP contribution is -2.34. The Kier molecular flexibility index (Phi) is 3.89. The Labute approximate surface area is 111 Å². The van der Waals surface area contributed by atoms with Crippen molar-refractivity contribution in [2.75, 3.05) is 0 Å². The van der Waals surface area contributed by atoms with Crippen LogP contribution in [0.5, 0.6) is 0 Å². The highest BCUT2D eigenvalue weighted by molar-refractivity contribution is 5.84. The van der Waals surface area contributed by atoms with Gasteiger partial charge in [0.05, 0.1) is 0 Å². The predicted octanol–water partition coefficient (Wildman–Crippen LogP) is 4.32. The summed E-state index contributed by atoms with van der Waals surface area (Å²) >= 11 is 0. The highest BCUT2D eigenvalue weighted by Gasteiger charge is 2.36. The average molecular weight is 244 g/mol. The zero-order valence-corrected chi connectivity index (χ0v) is 11.8. The van der Waals surface area contributed by atoms with Gasteiger partial charge in [0.25, 0.3) is 0 Å². The third-order valence-corrected chi connectivity index (χ3v) is 4.39. The average Bonchev–Trinajstić information content (AvgIpc) is 2.31. The molecule has 0 N–H and O–H groups in total. The second-order valence-corrected chi connectivity index (χ2v) is 6.42. The minimum absolute atomic E-state index is 0.194. The molecule has 18 heavy (non-hydrogen) atoms. The molecular weight excluding hydrogens is 220 g/mol. The van der Waals surface area contributed by atoms with E-state index in [1.54, 1.807) is 0 Å². The molecule has 2 rings (SSSR count). The lowest BCUT2D eigenvalue weighted by molar-refractivity contribution is -0.127. The Morgan fingerprint density at radius 1 is 1.22 bits per heavy atom. The fourth-order valence-electron chi connectivity index (χ4n) is 3.12. The number of carbonyl (C=O) groups is 1. The first-order chi connectivity index (χ1) is 8.49. The maximum absolute atomic E-state index is 12.5. The molecule has 1 atom stereocenters. The molecule has 1 aromatic rings. The predicted molar refractivity (Wildman–Crippen MR) is 75.6 cm³/mol. The van der Waals surface area contributed by atoms with Crippen molar-refractivity contribution in [3.63, 3.8) is 0 Å². The van der Waals surface area contributed by atoms with Crippen LogP contribution in [0, 0.1) is 18.3 Å². The van der Waals surface area contributed by atoms with E-state index in [1.165, 1.54) is 24.8 Å². The maximum Gasteiger partial charge on any atom is 0.140 e. The number of carbonyl (C=O) groups excluding carboxylic acids is 1. The number of rotatable bonds is 3. The van der Waals surface area contributed by atoms with E-state index >= 15 is 0 Å². The summed E-state index contributed by atoms with van der Waals surface area (Å²) in [7, 11) is 0. The normalized spacial score (nSPS) is 22.7. The van der Waals surface area contributed by atoms with Crippen molar-refractivity contribution in [1.82, 2.24) is 0 Å². The van der Waals surface area contributed by atoms with Crippen LogP contribution in [0.1, 0.15) is 50.7 Å². The van der Waals surface area contributed by atoms with Crippen LogP contribution in [-0.2, 0) is 11.2 Å². The number of Topliss-reactive ketones (excluding diaryl/α,β-unsaturated/α-hetero) is 1. The van der Waals surface area contributed by atoms with E-state index in [0.29, 0.717) is 12.2 Å². The number of benzene rings is 1. The molecule has 1 aliphatic rings. The monoisotopic (exact) mass is 244 g/mol. The lowest BCUT2D eigenvalue weighted by Gasteiger charge is -2.37. The van der Waals surface area contributed by atoms with Gasteiger partial charge in [-0.25, -0.2) is 0 Å². The molecule has 1 nitrogen and oxygen atoms in total. The molecule has 1 saturated carbocycles. The molecule has 0 spiro atoms. The Morgan fingerprint density at radius 2 is 1.89 bits per heavy atom. The summed E-state index contributed by atoms with van der Waals surface area (Å²) in [6.07, 6.45) is 5.37. The summed E-state index contributed by atoms with van der Waals surface area (Å²) < 4.78 is 0. The van der Waals surface area contributed by atoms with Crippen molar-refractivity contribution in [3.8, 4) is 0 Å². The van der Waals surface area contributed by atoms with Crippen LogP contribution in [0.3, 0.4) is 0 Å². The first kappa shape index (κ1) is 13.3. The molecule has 1 fully saturated rings. The fourth-order valence-corrected chi connectivity index (χ4v) is 3.12. The van der Waals surface area contributed by atoms with Crippen molar-refractivity contribution in [3.05, 3.63) is 35.4 Å².